The second kappa shape index (κ2) is 6.27. The van der Waals surface area contributed by atoms with Crippen LogP contribution >= 0.6 is 0 Å². The van der Waals surface area contributed by atoms with Crippen molar-refractivity contribution >= 4 is 10.8 Å². The van der Waals surface area contributed by atoms with Crippen LogP contribution in [0.1, 0.15) is 12.8 Å². The zero-order valence-electron chi connectivity index (χ0n) is 10.7. The van der Waals surface area contributed by atoms with Crippen LogP contribution in [0.2, 0.25) is 0 Å². The van der Waals surface area contributed by atoms with Gasteiger partial charge in [-0.15, -0.1) is 0 Å². The van der Waals surface area contributed by atoms with Crippen molar-refractivity contribution in [3.05, 3.63) is 0 Å². The molecule has 100 valence electrons. The van der Waals surface area contributed by atoms with E-state index in [1.54, 1.807) is 7.11 Å². The van der Waals surface area contributed by atoms with Gasteiger partial charge >= 0.3 is 0 Å². The van der Waals surface area contributed by atoms with E-state index < -0.39 is 10.8 Å². The maximum Gasteiger partial charge on any atom is 0.0531 e. The van der Waals surface area contributed by atoms with Gasteiger partial charge in [-0.1, -0.05) is 0 Å². The number of nitrogens with one attached hydrogen (secondary N) is 1. The van der Waals surface area contributed by atoms with Crippen LogP contribution < -0.4 is 5.32 Å². The molecule has 1 N–H and O–H groups in total. The SMILES string of the molecule is COCC1(CN2CCS(=O)CC2)CCNCC1. The minimum atomic E-state index is -0.570. The minimum Gasteiger partial charge on any atom is -0.384 e. The third-order valence-electron chi connectivity index (χ3n) is 3.94. The zero-order chi connectivity index (χ0) is 12.1. The lowest BCUT2D eigenvalue weighted by Crippen LogP contribution is -2.50. The average molecular weight is 260 g/mol. The van der Waals surface area contributed by atoms with Crippen molar-refractivity contribution in [2.24, 2.45) is 5.41 Å². The summed E-state index contributed by atoms with van der Waals surface area (Å²) in [6, 6.07) is 0. The first-order chi connectivity index (χ1) is 8.24. The lowest BCUT2D eigenvalue weighted by Gasteiger charge is -2.41. The van der Waals surface area contributed by atoms with Crippen LogP contribution in [0.3, 0.4) is 0 Å². The molecule has 17 heavy (non-hydrogen) atoms. The molecule has 0 spiro atoms. The Morgan fingerprint density at radius 2 is 1.94 bits per heavy atom. The molecule has 2 saturated heterocycles. The molecule has 4 nitrogen and oxygen atoms in total. The number of rotatable bonds is 4. The number of methoxy groups -OCH3 is 1. The largest absolute Gasteiger partial charge is 0.384 e. The predicted molar refractivity (Wildman–Crippen MR) is 70.7 cm³/mol. The van der Waals surface area contributed by atoms with Gasteiger partial charge in [-0.05, 0) is 25.9 Å². The molecule has 0 saturated carbocycles. The highest BCUT2D eigenvalue weighted by Crippen LogP contribution is 2.30. The second-order valence-corrected chi connectivity index (χ2v) is 7.00. The number of nitrogens with zero attached hydrogens (tertiary/aromatic N) is 1. The lowest BCUT2D eigenvalue weighted by molar-refractivity contribution is 0.0246. The molecule has 0 aromatic rings. The van der Waals surface area contributed by atoms with E-state index in [1.165, 1.54) is 12.8 Å². The van der Waals surface area contributed by atoms with Gasteiger partial charge in [0.25, 0.3) is 0 Å². The summed E-state index contributed by atoms with van der Waals surface area (Å²) in [5, 5.41) is 3.42. The normalized spacial score (nSPS) is 27.1. The average Bonchev–Trinajstić information content (AvgIpc) is 2.34. The molecule has 0 amide bonds. The molecule has 2 aliphatic heterocycles. The molecule has 2 aliphatic rings. The predicted octanol–water partition coefficient (Wildman–Crippen LogP) is 0.0669. The Labute approximate surface area is 107 Å². The summed E-state index contributed by atoms with van der Waals surface area (Å²) in [5.41, 5.74) is 0.318. The number of hydrogen-bond donors (Lipinski definition) is 1. The van der Waals surface area contributed by atoms with E-state index in [4.69, 9.17) is 4.74 Å². The van der Waals surface area contributed by atoms with Crippen LogP contribution in [0.4, 0.5) is 0 Å². The molecule has 0 aromatic heterocycles. The van der Waals surface area contributed by atoms with E-state index in [-0.39, 0.29) is 0 Å². The van der Waals surface area contributed by atoms with Gasteiger partial charge in [0.15, 0.2) is 0 Å². The summed E-state index contributed by atoms with van der Waals surface area (Å²) < 4.78 is 16.8. The molecule has 0 atom stereocenters. The monoisotopic (exact) mass is 260 g/mol. The third-order valence-corrected chi connectivity index (χ3v) is 5.22. The van der Waals surface area contributed by atoms with Gasteiger partial charge in [0.1, 0.15) is 0 Å². The van der Waals surface area contributed by atoms with Gasteiger partial charge in [0, 0.05) is 54.5 Å². The fourth-order valence-electron chi connectivity index (χ4n) is 2.92. The van der Waals surface area contributed by atoms with E-state index in [1.807, 2.05) is 0 Å². The molecule has 0 aromatic carbocycles. The molecule has 0 radical (unpaired) electrons. The molecule has 2 fully saturated rings. The molecule has 0 aliphatic carbocycles. The fourth-order valence-corrected chi connectivity index (χ4v) is 4.05. The van der Waals surface area contributed by atoms with Crippen molar-refractivity contribution in [3.63, 3.8) is 0 Å². The van der Waals surface area contributed by atoms with Crippen molar-refractivity contribution in [3.8, 4) is 0 Å². The molecule has 5 heteroatoms. The Balaban J connectivity index is 1.90. The highest BCUT2D eigenvalue weighted by atomic mass is 32.2. The second-order valence-electron chi connectivity index (χ2n) is 5.31. The van der Waals surface area contributed by atoms with Gasteiger partial charge in [0.2, 0.25) is 0 Å². The fraction of sp³-hybridized carbons (Fsp3) is 1.00. The van der Waals surface area contributed by atoms with E-state index in [0.29, 0.717) is 5.41 Å². The van der Waals surface area contributed by atoms with Gasteiger partial charge in [-0.2, -0.15) is 0 Å². The number of piperidine rings is 1. The van der Waals surface area contributed by atoms with Crippen molar-refractivity contribution in [1.29, 1.82) is 0 Å². The Hall–Kier alpha value is 0.0300. The Morgan fingerprint density at radius 3 is 2.53 bits per heavy atom. The van der Waals surface area contributed by atoms with Crippen molar-refractivity contribution in [2.45, 2.75) is 12.8 Å². The molecule has 2 rings (SSSR count). The topological polar surface area (TPSA) is 41.6 Å². The first-order valence-corrected chi connectivity index (χ1v) is 8.00. The van der Waals surface area contributed by atoms with Gasteiger partial charge in [-0.25, -0.2) is 0 Å². The van der Waals surface area contributed by atoms with Crippen molar-refractivity contribution < 1.29 is 8.95 Å². The highest BCUT2D eigenvalue weighted by Gasteiger charge is 2.34. The number of ether oxygens (including phenoxy) is 1. The number of hydrogen-bond acceptors (Lipinski definition) is 4. The first kappa shape index (κ1) is 13.5. The van der Waals surface area contributed by atoms with Crippen LogP contribution in [0.25, 0.3) is 0 Å². The van der Waals surface area contributed by atoms with Gasteiger partial charge < -0.3 is 15.0 Å². The zero-order valence-corrected chi connectivity index (χ0v) is 11.6. The van der Waals surface area contributed by atoms with Crippen LogP contribution in [-0.2, 0) is 15.5 Å². The maximum atomic E-state index is 11.4. The summed E-state index contributed by atoms with van der Waals surface area (Å²) in [7, 11) is 1.23. The Morgan fingerprint density at radius 1 is 1.29 bits per heavy atom. The first-order valence-electron chi connectivity index (χ1n) is 6.51. The summed E-state index contributed by atoms with van der Waals surface area (Å²) in [6.45, 7) is 6.15. The van der Waals surface area contributed by atoms with Crippen molar-refractivity contribution in [1.82, 2.24) is 10.2 Å². The molecule has 2 heterocycles. The Kier molecular flexibility index (Phi) is 4.97. The minimum absolute atomic E-state index is 0.318. The van der Waals surface area contributed by atoms with Gasteiger partial charge in [0.05, 0.1) is 6.61 Å². The third kappa shape index (κ3) is 3.74. The Bertz CT molecular complexity index is 252. The van der Waals surface area contributed by atoms with Crippen LogP contribution in [0.15, 0.2) is 0 Å². The maximum absolute atomic E-state index is 11.4. The van der Waals surface area contributed by atoms with Gasteiger partial charge in [-0.3, -0.25) is 4.21 Å². The molecule has 0 unspecified atom stereocenters. The van der Waals surface area contributed by atoms with E-state index >= 15 is 0 Å². The van der Waals surface area contributed by atoms with Crippen LogP contribution in [-0.4, -0.2) is 67.1 Å². The smallest absolute Gasteiger partial charge is 0.0531 e. The van der Waals surface area contributed by atoms with Crippen LogP contribution in [0, 0.1) is 5.41 Å². The molecular weight excluding hydrogens is 236 g/mol. The molecule has 0 bridgehead atoms. The summed E-state index contributed by atoms with van der Waals surface area (Å²) >= 11 is 0. The van der Waals surface area contributed by atoms with Crippen LogP contribution in [0.5, 0.6) is 0 Å². The van der Waals surface area contributed by atoms with E-state index in [9.17, 15) is 4.21 Å². The molecular formula is C12H24N2O2S. The summed E-state index contributed by atoms with van der Waals surface area (Å²) in [5.74, 6) is 1.70. The van der Waals surface area contributed by atoms with Crippen molar-refractivity contribution in [2.75, 3.05) is 57.9 Å². The summed E-state index contributed by atoms with van der Waals surface area (Å²) in [6.07, 6.45) is 2.39. The van der Waals surface area contributed by atoms with E-state index in [0.717, 1.165) is 50.8 Å². The quantitative estimate of drug-likeness (QED) is 0.776. The lowest BCUT2D eigenvalue weighted by atomic mass is 9.79. The summed E-state index contributed by atoms with van der Waals surface area (Å²) in [4.78, 5) is 2.48. The van der Waals surface area contributed by atoms with E-state index in [2.05, 4.69) is 10.2 Å². The highest BCUT2D eigenvalue weighted by molar-refractivity contribution is 7.85. The standard InChI is InChI=1S/C12H24N2O2S/c1-16-11-12(2-4-13-5-3-12)10-14-6-8-17(15)9-7-14/h13H,2-11H2,1H3.